The Hall–Kier alpha value is -2.64. The molecule has 1 heterocycles. The van der Waals surface area contributed by atoms with Gasteiger partial charge in [-0.25, -0.2) is 8.78 Å². The zero-order valence-corrected chi connectivity index (χ0v) is 17.6. The highest BCUT2D eigenvalue weighted by Crippen LogP contribution is 2.31. The number of amides is 2. The summed E-state index contributed by atoms with van der Waals surface area (Å²) in [5, 5.41) is 10.3. The lowest BCUT2D eigenvalue weighted by Gasteiger charge is -2.48. The molecule has 0 aromatic heterocycles. The normalized spacial score (nSPS) is 19.8. The minimum absolute atomic E-state index is 0.0321. The first-order valence-corrected chi connectivity index (χ1v) is 9.49. The summed E-state index contributed by atoms with van der Waals surface area (Å²) in [5.74, 6) is -4.26. The number of halogens is 2. The van der Waals surface area contributed by atoms with Gasteiger partial charge in [0.25, 0.3) is 17.8 Å². The lowest BCUT2D eigenvalue weighted by molar-refractivity contribution is -0.158. The van der Waals surface area contributed by atoms with Crippen LogP contribution in [0.25, 0.3) is 0 Å². The van der Waals surface area contributed by atoms with Gasteiger partial charge in [0.1, 0.15) is 6.17 Å². The molecule has 1 atom stereocenters. The Morgan fingerprint density at radius 3 is 2.38 bits per heavy atom. The van der Waals surface area contributed by atoms with Crippen molar-refractivity contribution in [3.63, 3.8) is 0 Å². The number of aliphatic hydroxyl groups is 1. The Morgan fingerprint density at radius 2 is 1.83 bits per heavy atom. The highest BCUT2D eigenvalue weighted by Gasteiger charge is 2.47. The first kappa shape index (κ1) is 22.6. The Morgan fingerprint density at radius 1 is 1.21 bits per heavy atom. The Balaban J connectivity index is 2.52. The van der Waals surface area contributed by atoms with Crippen molar-refractivity contribution in [2.75, 3.05) is 6.61 Å². The average Bonchev–Trinajstić information content (AvgIpc) is 2.59. The summed E-state index contributed by atoms with van der Waals surface area (Å²) in [6.45, 7) is 10.5. The second-order valence-electron chi connectivity index (χ2n) is 8.51. The van der Waals surface area contributed by atoms with E-state index in [1.54, 1.807) is 27.7 Å². The van der Waals surface area contributed by atoms with Crippen LogP contribution in [0.2, 0.25) is 0 Å². The second-order valence-corrected chi connectivity index (χ2v) is 8.51. The van der Waals surface area contributed by atoms with E-state index in [9.17, 15) is 23.5 Å². The molecule has 0 spiro atoms. The minimum atomic E-state index is -1.06. The topological polar surface area (TPSA) is 70.1 Å². The smallest absolute Gasteiger partial charge is 0.295 e. The van der Waals surface area contributed by atoms with E-state index in [4.69, 9.17) is 4.74 Å². The first-order valence-electron chi connectivity index (χ1n) is 9.49. The quantitative estimate of drug-likeness (QED) is 0.456. The summed E-state index contributed by atoms with van der Waals surface area (Å²) in [7, 11) is 0. The molecule has 2 amide bonds. The number of hydrogen-bond donors (Lipinski definition) is 1. The predicted octanol–water partition coefficient (Wildman–Crippen LogP) is 3.72. The Kier molecular flexibility index (Phi) is 6.55. The van der Waals surface area contributed by atoms with Gasteiger partial charge in [-0.15, -0.1) is 0 Å². The molecule has 1 aromatic carbocycles. The van der Waals surface area contributed by atoms with Crippen LogP contribution in [0.4, 0.5) is 8.78 Å². The standard InChI is InChI=1S/C21H28F2N2O4/c1-12(2)11-29-20(28)16-18(26)24(10-14-8-7-9-15(22)17(14)23)13(3)25(19(16)27)21(4,5)6/h7-9,12-13,28H,10-11H2,1-6H3. The van der Waals surface area contributed by atoms with Gasteiger partial charge in [-0.05, 0) is 39.7 Å². The largest absolute Gasteiger partial charge is 0.480 e. The van der Waals surface area contributed by atoms with Crippen LogP contribution < -0.4 is 0 Å². The molecule has 0 radical (unpaired) electrons. The maximum absolute atomic E-state index is 14.2. The molecule has 29 heavy (non-hydrogen) atoms. The van der Waals surface area contributed by atoms with E-state index >= 15 is 0 Å². The van der Waals surface area contributed by atoms with Gasteiger partial charge in [-0.1, -0.05) is 26.0 Å². The molecule has 1 aliphatic rings. The molecular formula is C21H28F2N2O4. The number of rotatable bonds is 5. The monoisotopic (exact) mass is 410 g/mol. The van der Waals surface area contributed by atoms with Gasteiger partial charge < -0.3 is 19.6 Å². The van der Waals surface area contributed by atoms with Crippen LogP contribution in [0, 0.1) is 17.6 Å². The molecule has 6 nitrogen and oxygen atoms in total. The van der Waals surface area contributed by atoms with E-state index in [0.29, 0.717) is 0 Å². The highest BCUT2D eigenvalue weighted by atomic mass is 19.2. The molecular weight excluding hydrogens is 382 g/mol. The first-order chi connectivity index (χ1) is 13.4. The third kappa shape index (κ3) is 4.68. The van der Waals surface area contributed by atoms with Crippen LogP contribution in [0.15, 0.2) is 29.7 Å². The number of benzene rings is 1. The van der Waals surface area contributed by atoms with Crippen molar-refractivity contribution in [2.24, 2.45) is 5.92 Å². The molecule has 1 aromatic rings. The summed E-state index contributed by atoms with van der Waals surface area (Å²) in [6.07, 6.45) is -0.751. The molecule has 0 saturated carbocycles. The van der Waals surface area contributed by atoms with Crippen LogP contribution in [0.1, 0.15) is 47.1 Å². The number of carbonyl (C=O) groups excluding carboxylic acids is 2. The zero-order chi connectivity index (χ0) is 22.1. The van der Waals surface area contributed by atoms with E-state index in [1.165, 1.54) is 21.9 Å². The summed E-state index contributed by atoms with van der Waals surface area (Å²) in [5.41, 5.74) is -1.26. The van der Waals surface area contributed by atoms with Crippen molar-refractivity contribution in [1.29, 1.82) is 0 Å². The van der Waals surface area contributed by atoms with Gasteiger partial charge in [0.2, 0.25) is 0 Å². The van der Waals surface area contributed by atoms with Crippen molar-refractivity contribution in [3.8, 4) is 0 Å². The molecule has 1 aliphatic heterocycles. The van der Waals surface area contributed by atoms with Gasteiger partial charge >= 0.3 is 0 Å². The van der Waals surface area contributed by atoms with Gasteiger partial charge in [0.05, 0.1) is 13.2 Å². The van der Waals surface area contributed by atoms with Crippen molar-refractivity contribution in [1.82, 2.24) is 9.80 Å². The Labute approximate surface area is 169 Å². The lowest BCUT2D eigenvalue weighted by atomic mass is 9.98. The number of ether oxygens (including phenoxy) is 1. The fraction of sp³-hybridized carbons (Fsp3) is 0.524. The van der Waals surface area contributed by atoms with Gasteiger partial charge in [0, 0.05) is 11.1 Å². The van der Waals surface area contributed by atoms with Gasteiger partial charge in [0.15, 0.2) is 17.2 Å². The van der Waals surface area contributed by atoms with Crippen molar-refractivity contribution in [2.45, 2.75) is 59.8 Å². The molecule has 1 unspecified atom stereocenters. The molecule has 0 bridgehead atoms. The molecule has 1 fully saturated rings. The maximum Gasteiger partial charge on any atom is 0.295 e. The van der Waals surface area contributed by atoms with Crippen molar-refractivity contribution >= 4 is 11.8 Å². The summed E-state index contributed by atoms with van der Waals surface area (Å²) >= 11 is 0. The van der Waals surface area contributed by atoms with Gasteiger partial charge in [-0.3, -0.25) is 9.59 Å². The molecule has 1 N–H and O–H groups in total. The lowest BCUT2D eigenvalue weighted by Crippen LogP contribution is -2.63. The molecule has 1 saturated heterocycles. The van der Waals surface area contributed by atoms with Crippen LogP contribution in [0.3, 0.4) is 0 Å². The van der Waals surface area contributed by atoms with E-state index < -0.39 is 46.7 Å². The van der Waals surface area contributed by atoms with E-state index in [1.807, 2.05) is 13.8 Å². The zero-order valence-electron chi connectivity index (χ0n) is 17.6. The predicted molar refractivity (Wildman–Crippen MR) is 103 cm³/mol. The molecule has 0 aliphatic carbocycles. The number of carbonyl (C=O) groups is 2. The van der Waals surface area contributed by atoms with Crippen molar-refractivity contribution < 1.29 is 28.2 Å². The minimum Gasteiger partial charge on any atom is -0.480 e. The summed E-state index contributed by atoms with van der Waals surface area (Å²) in [4.78, 5) is 28.7. The third-order valence-electron chi connectivity index (χ3n) is 4.59. The second kappa shape index (κ2) is 8.39. The SMILES string of the molecule is CC(C)COC(O)=C1C(=O)N(Cc2cccc(F)c2F)C(C)N(C(C)(C)C)C1=O. The van der Waals surface area contributed by atoms with E-state index in [-0.39, 0.29) is 24.6 Å². The fourth-order valence-electron chi connectivity index (χ4n) is 3.26. The van der Waals surface area contributed by atoms with E-state index in [0.717, 1.165) is 6.07 Å². The maximum atomic E-state index is 14.2. The Bertz CT molecular complexity index is 830. The summed E-state index contributed by atoms with van der Waals surface area (Å²) in [6, 6.07) is 3.70. The van der Waals surface area contributed by atoms with Crippen LogP contribution in [-0.4, -0.2) is 45.0 Å². The van der Waals surface area contributed by atoms with E-state index in [2.05, 4.69) is 0 Å². The highest BCUT2D eigenvalue weighted by molar-refractivity contribution is 6.20. The number of nitrogens with zero attached hydrogens (tertiary/aromatic N) is 2. The number of aliphatic hydroxyl groups excluding tert-OH is 1. The molecule has 2 rings (SSSR count). The average molecular weight is 410 g/mol. The molecule has 160 valence electrons. The molecule has 8 heteroatoms. The summed E-state index contributed by atoms with van der Waals surface area (Å²) < 4.78 is 33.1. The third-order valence-corrected chi connectivity index (χ3v) is 4.59. The van der Waals surface area contributed by atoms with Crippen LogP contribution in [-0.2, 0) is 20.9 Å². The van der Waals surface area contributed by atoms with Crippen LogP contribution in [0.5, 0.6) is 0 Å². The van der Waals surface area contributed by atoms with Gasteiger partial charge in [-0.2, -0.15) is 0 Å². The van der Waals surface area contributed by atoms with Crippen molar-refractivity contribution in [3.05, 3.63) is 46.9 Å². The number of hydrogen-bond acceptors (Lipinski definition) is 4. The van der Waals surface area contributed by atoms with Crippen LogP contribution >= 0.6 is 0 Å². The fourth-order valence-corrected chi connectivity index (χ4v) is 3.26.